The molecule has 0 aromatic heterocycles. The summed E-state index contributed by atoms with van der Waals surface area (Å²) in [6, 6.07) is 7.12. The number of ether oxygens (including phenoxy) is 1. The largest absolute Gasteiger partial charge is 0.469 e. The molecule has 1 aromatic rings. The predicted molar refractivity (Wildman–Crippen MR) is 78.4 cm³/mol. The summed E-state index contributed by atoms with van der Waals surface area (Å²) in [5, 5.41) is 8.91. The van der Waals surface area contributed by atoms with E-state index in [0.29, 0.717) is 23.0 Å². The highest BCUT2D eigenvalue weighted by atomic mass is 79.9. The van der Waals surface area contributed by atoms with Crippen LogP contribution in [0.2, 0.25) is 0 Å². The molecular formula is C14H18BrNO4. The summed E-state index contributed by atoms with van der Waals surface area (Å²) >= 11 is 3.34. The molecule has 0 fully saturated rings. The summed E-state index contributed by atoms with van der Waals surface area (Å²) in [4.78, 5) is 25.2. The van der Waals surface area contributed by atoms with Crippen LogP contribution in [0.1, 0.15) is 23.2 Å². The number of halogens is 1. The summed E-state index contributed by atoms with van der Waals surface area (Å²) in [7, 11) is 1.32. The van der Waals surface area contributed by atoms with Gasteiger partial charge in [-0.15, -0.1) is 0 Å². The number of aliphatic hydroxyl groups is 1. The van der Waals surface area contributed by atoms with Gasteiger partial charge in [-0.25, -0.2) is 0 Å². The van der Waals surface area contributed by atoms with Crippen molar-refractivity contribution in [1.82, 2.24) is 4.90 Å². The van der Waals surface area contributed by atoms with Gasteiger partial charge in [-0.3, -0.25) is 9.59 Å². The Labute approximate surface area is 126 Å². The fourth-order valence-electron chi connectivity index (χ4n) is 1.71. The Morgan fingerprint density at radius 2 is 2.00 bits per heavy atom. The minimum absolute atomic E-state index is 0.00202. The number of esters is 1. The van der Waals surface area contributed by atoms with Gasteiger partial charge < -0.3 is 14.7 Å². The van der Waals surface area contributed by atoms with E-state index < -0.39 is 0 Å². The molecule has 0 saturated heterocycles. The molecule has 110 valence electrons. The zero-order valence-corrected chi connectivity index (χ0v) is 12.9. The maximum atomic E-state index is 12.4. The highest BCUT2D eigenvalue weighted by molar-refractivity contribution is 9.10. The third-order valence-corrected chi connectivity index (χ3v) is 3.48. The number of methoxy groups -OCH3 is 1. The SMILES string of the molecule is COC(=O)CCN(CCCO)C(=O)c1ccccc1Br. The maximum Gasteiger partial charge on any atom is 0.307 e. The lowest BCUT2D eigenvalue weighted by molar-refractivity contribution is -0.140. The van der Waals surface area contributed by atoms with Gasteiger partial charge in [-0.05, 0) is 34.5 Å². The smallest absolute Gasteiger partial charge is 0.307 e. The molecule has 0 heterocycles. The van der Waals surface area contributed by atoms with Crippen LogP contribution in [0.5, 0.6) is 0 Å². The molecule has 0 spiro atoms. The van der Waals surface area contributed by atoms with E-state index in [1.165, 1.54) is 7.11 Å². The second-order valence-electron chi connectivity index (χ2n) is 4.18. The normalized spacial score (nSPS) is 10.2. The van der Waals surface area contributed by atoms with Crippen molar-refractivity contribution in [2.75, 3.05) is 26.8 Å². The highest BCUT2D eigenvalue weighted by Gasteiger charge is 2.18. The Hall–Kier alpha value is -1.40. The number of nitrogens with zero attached hydrogens (tertiary/aromatic N) is 1. The average molecular weight is 344 g/mol. The van der Waals surface area contributed by atoms with Crippen molar-refractivity contribution in [3.05, 3.63) is 34.3 Å². The Bertz CT molecular complexity index is 464. The number of rotatable bonds is 7. The summed E-state index contributed by atoms with van der Waals surface area (Å²) < 4.78 is 5.28. The first-order valence-corrected chi connectivity index (χ1v) is 7.11. The van der Waals surface area contributed by atoms with Gasteiger partial charge >= 0.3 is 5.97 Å². The van der Waals surface area contributed by atoms with E-state index in [9.17, 15) is 9.59 Å². The number of amides is 1. The fourth-order valence-corrected chi connectivity index (χ4v) is 2.16. The van der Waals surface area contributed by atoms with E-state index in [2.05, 4.69) is 20.7 Å². The number of hydrogen-bond donors (Lipinski definition) is 1. The lowest BCUT2D eigenvalue weighted by atomic mass is 10.2. The molecule has 0 aliphatic heterocycles. The van der Waals surface area contributed by atoms with Crippen molar-refractivity contribution in [3.63, 3.8) is 0 Å². The van der Waals surface area contributed by atoms with Gasteiger partial charge in [0.25, 0.3) is 5.91 Å². The third kappa shape index (κ3) is 4.94. The van der Waals surface area contributed by atoms with Gasteiger partial charge in [0, 0.05) is 24.2 Å². The molecule has 6 heteroatoms. The Balaban J connectivity index is 2.78. The topological polar surface area (TPSA) is 66.8 Å². The second-order valence-corrected chi connectivity index (χ2v) is 5.03. The zero-order valence-electron chi connectivity index (χ0n) is 11.3. The summed E-state index contributed by atoms with van der Waals surface area (Å²) in [5.74, 6) is -0.534. The number of carbonyl (C=O) groups excluding carboxylic acids is 2. The van der Waals surface area contributed by atoms with E-state index in [4.69, 9.17) is 5.11 Å². The van der Waals surface area contributed by atoms with Crippen LogP contribution in [0.15, 0.2) is 28.7 Å². The van der Waals surface area contributed by atoms with Crippen LogP contribution < -0.4 is 0 Å². The maximum absolute atomic E-state index is 12.4. The van der Waals surface area contributed by atoms with Crippen LogP contribution >= 0.6 is 15.9 Å². The van der Waals surface area contributed by atoms with Crippen molar-refractivity contribution in [2.45, 2.75) is 12.8 Å². The van der Waals surface area contributed by atoms with Crippen molar-refractivity contribution >= 4 is 27.8 Å². The number of carbonyl (C=O) groups is 2. The Kier molecular flexibility index (Phi) is 7.25. The van der Waals surface area contributed by atoms with E-state index in [0.717, 1.165) is 0 Å². The minimum atomic E-state index is -0.362. The van der Waals surface area contributed by atoms with Crippen LogP contribution in [0.25, 0.3) is 0 Å². The number of aliphatic hydroxyl groups excluding tert-OH is 1. The second kappa shape index (κ2) is 8.71. The quantitative estimate of drug-likeness (QED) is 0.767. The molecule has 0 bridgehead atoms. The van der Waals surface area contributed by atoms with Crippen LogP contribution in [-0.2, 0) is 9.53 Å². The van der Waals surface area contributed by atoms with Crippen molar-refractivity contribution in [2.24, 2.45) is 0 Å². The standard InChI is InChI=1S/C14H18BrNO4/c1-20-13(18)7-9-16(8-4-10-17)14(19)11-5-2-3-6-12(11)15/h2-3,5-6,17H,4,7-10H2,1H3. The fraction of sp³-hybridized carbons (Fsp3) is 0.429. The Morgan fingerprint density at radius 1 is 1.30 bits per heavy atom. The van der Waals surface area contributed by atoms with Gasteiger partial charge in [0.15, 0.2) is 0 Å². The van der Waals surface area contributed by atoms with E-state index in [-0.39, 0.29) is 31.4 Å². The first-order valence-electron chi connectivity index (χ1n) is 6.31. The zero-order chi connectivity index (χ0) is 15.0. The average Bonchev–Trinajstić information content (AvgIpc) is 2.47. The van der Waals surface area contributed by atoms with Gasteiger partial charge in [0.1, 0.15) is 0 Å². The number of benzene rings is 1. The third-order valence-electron chi connectivity index (χ3n) is 2.79. The van der Waals surface area contributed by atoms with Gasteiger partial charge in [-0.1, -0.05) is 12.1 Å². The van der Waals surface area contributed by atoms with Crippen LogP contribution in [0, 0.1) is 0 Å². The molecular weight excluding hydrogens is 326 g/mol. The van der Waals surface area contributed by atoms with Crippen LogP contribution in [-0.4, -0.2) is 48.7 Å². The van der Waals surface area contributed by atoms with Gasteiger partial charge in [0.05, 0.1) is 19.1 Å². The van der Waals surface area contributed by atoms with Crippen LogP contribution in [0.4, 0.5) is 0 Å². The lowest BCUT2D eigenvalue weighted by Crippen LogP contribution is -2.34. The molecule has 0 aliphatic rings. The molecule has 5 nitrogen and oxygen atoms in total. The minimum Gasteiger partial charge on any atom is -0.469 e. The molecule has 1 rings (SSSR count). The molecule has 0 aliphatic carbocycles. The van der Waals surface area contributed by atoms with Crippen molar-refractivity contribution in [1.29, 1.82) is 0 Å². The molecule has 0 saturated carbocycles. The molecule has 1 amide bonds. The van der Waals surface area contributed by atoms with Crippen LogP contribution in [0.3, 0.4) is 0 Å². The molecule has 1 N–H and O–H groups in total. The summed E-state index contributed by atoms with van der Waals surface area (Å²) in [6.45, 7) is 0.665. The van der Waals surface area contributed by atoms with Crippen molar-refractivity contribution in [3.8, 4) is 0 Å². The van der Waals surface area contributed by atoms with E-state index in [1.54, 1.807) is 23.1 Å². The molecule has 0 radical (unpaired) electrons. The van der Waals surface area contributed by atoms with E-state index >= 15 is 0 Å². The van der Waals surface area contributed by atoms with Gasteiger partial charge in [-0.2, -0.15) is 0 Å². The molecule has 1 aromatic carbocycles. The highest BCUT2D eigenvalue weighted by Crippen LogP contribution is 2.18. The van der Waals surface area contributed by atoms with Crippen molar-refractivity contribution < 1.29 is 19.4 Å². The number of hydrogen-bond acceptors (Lipinski definition) is 4. The first kappa shape index (κ1) is 16.7. The molecule has 0 atom stereocenters. The lowest BCUT2D eigenvalue weighted by Gasteiger charge is -2.22. The van der Waals surface area contributed by atoms with E-state index in [1.807, 2.05) is 6.07 Å². The predicted octanol–water partition coefficient (Wildman–Crippen LogP) is 1.84. The summed E-state index contributed by atoms with van der Waals surface area (Å²) in [6.07, 6.45) is 0.607. The Morgan fingerprint density at radius 3 is 2.60 bits per heavy atom. The first-order chi connectivity index (χ1) is 9.60. The van der Waals surface area contributed by atoms with Gasteiger partial charge in [0.2, 0.25) is 0 Å². The summed E-state index contributed by atoms with van der Waals surface area (Å²) in [5.41, 5.74) is 0.537. The monoisotopic (exact) mass is 343 g/mol. The molecule has 20 heavy (non-hydrogen) atoms. The molecule has 0 unspecified atom stereocenters.